The van der Waals surface area contributed by atoms with E-state index in [-0.39, 0.29) is 17.1 Å². The maximum Gasteiger partial charge on any atom is 0.255 e. The molecule has 1 saturated heterocycles. The van der Waals surface area contributed by atoms with E-state index >= 15 is 0 Å². The molecule has 0 spiro atoms. The van der Waals surface area contributed by atoms with Gasteiger partial charge in [0.15, 0.2) is 0 Å². The quantitative estimate of drug-likeness (QED) is 0.730. The van der Waals surface area contributed by atoms with Crippen molar-refractivity contribution in [1.82, 2.24) is 4.90 Å². The molecule has 1 unspecified atom stereocenters. The number of carbonyl (C=O) groups is 1. The predicted molar refractivity (Wildman–Crippen MR) is 64.3 cm³/mol. The summed E-state index contributed by atoms with van der Waals surface area (Å²) < 4.78 is 13.4. The van der Waals surface area contributed by atoms with Crippen molar-refractivity contribution in [3.05, 3.63) is 34.1 Å². The first kappa shape index (κ1) is 11.9. The van der Waals surface area contributed by atoms with Gasteiger partial charge in [-0.05, 0) is 40.5 Å². The van der Waals surface area contributed by atoms with Gasteiger partial charge >= 0.3 is 0 Å². The summed E-state index contributed by atoms with van der Waals surface area (Å²) in [4.78, 5) is 13.7. The molecule has 0 aromatic heterocycles. The largest absolute Gasteiger partial charge is 0.337 e. The SMILES string of the molecule is O=C(c1ccc(F)cc1Br)N1CCC(Cl)C1. The van der Waals surface area contributed by atoms with Gasteiger partial charge in [-0.3, -0.25) is 4.79 Å². The van der Waals surface area contributed by atoms with Crippen LogP contribution < -0.4 is 0 Å². The zero-order valence-electron chi connectivity index (χ0n) is 8.42. The molecule has 1 fully saturated rings. The van der Waals surface area contributed by atoms with Crippen LogP contribution in [0.3, 0.4) is 0 Å². The molecule has 1 heterocycles. The Morgan fingerprint density at radius 3 is 2.88 bits per heavy atom. The minimum atomic E-state index is -0.361. The molecule has 5 heteroatoms. The van der Waals surface area contributed by atoms with Crippen molar-refractivity contribution in [3.63, 3.8) is 0 Å². The van der Waals surface area contributed by atoms with Crippen LogP contribution in [-0.4, -0.2) is 29.3 Å². The zero-order valence-corrected chi connectivity index (χ0v) is 10.8. The third-order valence-electron chi connectivity index (χ3n) is 2.58. The Hall–Kier alpha value is -0.610. The van der Waals surface area contributed by atoms with Gasteiger partial charge in [-0.1, -0.05) is 0 Å². The number of benzene rings is 1. The Labute approximate surface area is 107 Å². The molecule has 0 aliphatic carbocycles. The van der Waals surface area contributed by atoms with Gasteiger partial charge < -0.3 is 4.90 Å². The summed E-state index contributed by atoms with van der Waals surface area (Å²) >= 11 is 9.13. The molecule has 1 aromatic carbocycles. The maximum atomic E-state index is 12.9. The Kier molecular flexibility index (Phi) is 3.50. The molecule has 1 aliphatic rings. The van der Waals surface area contributed by atoms with Crippen molar-refractivity contribution in [2.45, 2.75) is 11.8 Å². The first-order valence-corrected chi connectivity index (χ1v) is 6.19. The number of carbonyl (C=O) groups excluding carboxylic acids is 1. The van der Waals surface area contributed by atoms with Crippen molar-refractivity contribution >= 4 is 33.4 Å². The lowest BCUT2D eigenvalue weighted by molar-refractivity contribution is 0.0792. The van der Waals surface area contributed by atoms with E-state index in [0.717, 1.165) is 6.42 Å². The molecule has 0 bridgehead atoms. The molecule has 0 radical (unpaired) electrons. The van der Waals surface area contributed by atoms with Crippen LogP contribution in [0.4, 0.5) is 4.39 Å². The summed E-state index contributed by atoms with van der Waals surface area (Å²) in [6.45, 7) is 1.22. The number of hydrogen-bond donors (Lipinski definition) is 0. The number of amides is 1. The highest BCUT2D eigenvalue weighted by Gasteiger charge is 2.26. The lowest BCUT2D eigenvalue weighted by atomic mass is 10.2. The highest BCUT2D eigenvalue weighted by Crippen LogP contribution is 2.23. The number of halogens is 3. The summed E-state index contributed by atoms with van der Waals surface area (Å²) in [5.74, 6) is -0.463. The van der Waals surface area contributed by atoms with Crippen LogP contribution in [0.1, 0.15) is 16.8 Å². The van der Waals surface area contributed by atoms with Gasteiger partial charge in [-0.2, -0.15) is 0 Å². The second-order valence-electron chi connectivity index (χ2n) is 3.76. The van der Waals surface area contributed by atoms with Crippen LogP contribution >= 0.6 is 27.5 Å². The topological polar surface area (TPSA) is 20.3 Å². The summed E-state index contributed by atoms with van der Waals surface area (Å²) in [6.07, 6.45) is 0.812. The van der Waals surface area contributed by atoms with E-state index in [9.17, 15) is 9.18 Å². The van der Waals surface area contributed by atoms with E-state index in [1.165, 1.54) is 18.2 Å². The predicted octanol–water partition coefficient (Wildman–Crippen LogP) is 3.04. The Morgan fingerprint density at radius 1 is 1.56 bits per heavy atom. The van der Waals surface area contributed by atoms with Gasteiger partial charge in [0.05, 0.1) is 10.9 Å². The van der Waals surface area contributed by atoms with Crippen molar-refractivity contribution in [1.29, 1.82) is 0 Å². The van der Waals surface area contributed by atoms with Gasteiger partial charge in [-0.15, -0.1) is 11.6 Å². The Morgan fingerprint density at radius 2 is 2.31 bits per heavy atom. The van der Waals surface area contributed by atoms with Crippen LogP contribution in [0, 0.1) is 5.82 Å². The van der Waals surface area contributed by atoms with Crippen LogP contribution in [-0.2, 0) is 0 Å². The van der Waals surface area contributed by atoms with Crippen molar-refractivity contribution in [2.24, 2.45) is 0 Å². The van der Waals surface area contributed by atoms with Gasteiger partial charge in [0.1, 0.15) is 5.82 Å². The third-order valence-corrected chi connectivity index (χ3v) is 3.59. The lowest BCUT2D eigenvalue weighted by Crippen LogP contribution is -2.29. The van der Waals surface area contributed by atoms with E-state index in [1.54, 1.807) is 4.90 Å². The van der Waals surface area contributed by atoms with Crippen molar-refractivity contribution in [3.8, 4) is 0 Å². The van der Waals surface area contributed by atoms with Crippen molar-refractivity contribution in [2.75, 3.05) is 13.1 Å². The first-order chi connectivity index (χ1) is 7.58. The Balaban J connectivity index is 2.21. The average molecular weight is 307 g/mol. The smallest absolute Gasteiger partial charge is 0.255 e. The summed E-state index contributed by atoms with van der Waals surface area (Å²) in [6, 6.07) is 4.07. The molecule has 16 heavy (non-hydrogen) atoms. The number of likely N-dealkylation sites (tertiary alicyclic amines) is 1. The van der Waals surface area contributed by atoms with Gasteiger partial charge in [0, 0.05) is 17.6 Å². The standard InChI is InChI=1S/C11H10BrClFNO/c12-10-5-8(14)1-2-9(10)11(16)15-4-3-7(13)6-15/h1-2,5,7H,3-4,6H2. The van der Waals surface area contributed by atoms with Crippen LogP contribution in [0.25, 0.3) is 0 Å². The molecule has 0 saturated carbocycles. The number of rotatable bonds is 1. The normalized spacial score (nSPS) is 20.2. The second-order valence-corrected chi connectivity index (χ2v) is 5.23. The molecule has 1 atom stereocenters. The molecule has 86 valence electrons. The molecule has 2 nitrogen and oxygen atoms in total. The van der Waals surface area contributed by atoms with Crippen LogP contribution in [0.5, 0.6) is 0 Å². The van der Waals surface area contributed by atoms with Crippen LogP contribution in [0.2, 0.25) is 0 Å². The summed E-state index contributed by atoms with van der Waals surface area (Å²) in [7, 11) is 0. The highest BCUT2D eigenvalue weighted by atomic mass is 79.9. The summed E-state index contributed by atoms with van der Waals surface area (Å²) in [5.41, 5.74) is 0.479. The minimum Gasteiger partial charge on any atom is -0.337 e. The molecular formula is C11H10BrClFNO. The number of hydrogen-bond acceptors (Lipinski definition) is 1. The van der Waals surface area contributed by atoms with Gasteiger partial charge in [0.25, 0.3) is 5.91 Å². The van der Waals surface area contributed by atoms with E-state index in [1.807, 2.05) is 0 Å². The fraction of sp³-hybridized carbons (Fsp3) is 0.364. The molecule has 1 aliphatic heterocycles. The summed E-state index contributed by atoms with van der Waals surface area (Å²) in [5, 5.41) is 0.0307. The maximum absolute atomic E-state index is 12.9. The van der Waals surface area contributed by atoms with Gasteiger partial charge in [-0.25, -0.2) is 4.39 Å². The monoisotopic (exact) mass is 305 g/mol. The number of alkyl halides is 1. The third kappa shape index (κ3) is 2.38. The van der Waals surface area contributed by atoms with E-state index in [2.05, 4.69) is 15.9 Å². The molecule has 1 aromatic rings. The zero-order chi connectivity index (χ0) is 11.7. The average Bonchev–Trinajstić information content (AvgIpc) is 2.64. The van der Waals surface area contributed by atoms with E-state index in [0.29, 0.717) is 23.1 Å². The molecule has 0 N–H and O–H groups in total. The fourth-order valence-corrected chi connectivity index (χ4v) is 2.52. The fourth-order valence-electron chi connectivity index (χ4n) is 1.74. The molecule has 2 rings (SSSR count). The Bertz CT molecular complexity index is 426. The second kappa shape index (κ2) is 4.72. The first-order valence-electron chi connectivity index (χ1n) is 4.96. The van der Waals surface area contributed by atoms with Gasteiger partial charge in [0.2, 0.25) is 0 Å². The van der Waals surface area contributed by atoms with E-state index < -0.39 is 0 Å². The lowest BCUT2D eigenvalue weighted by Gasteiger charge is -2.16. The highest BCUT2D eigenvalue weighted by molar-refractivity contribution is 9.10. The van der Waals surface area contributed by atoms with Crippen molar-refractivity contribution < 1.29 is 9.18 Å². The van der Waals surface area contributed by atoms with Crippen LogP contribution in [0.15, 0.2) is 22.7 Å². The van der Waals surface area contributed by atoms with E-state index in [4.69, 9.17) is 11.6 Å². The minimum absolute atomic E-state index is 0.0307. The molecular weight excluding hydrogens is 296 g/mol. The number of nitrogens with zero attached hydrogens (tertiary/aromatic N) is 1. The molecule has 1 amide bonds.